The van der Waals surface area contributed by atoms with Crippen molar-refractivity contribution < 1.29 is 14.1 Å². The lowest BCUT2D eigenvalue weighted by atomic mass is 10.1. The van der Waals surface area contributed by atoms with Crippen molar-refractivity contribution in [2.75, 3.05) is 24.5 Å². The van der Waals surface area contributed by atoms with Crippen molar-refractivity contribution in [2.45, 2.75) is 0 Å². The first-order valence-corrected chi connectivity index (χ1v) is 8.77. The van der Waals surface area contributed by atoms with Crippen molar-refractivity contribution in [1.29, 1.82) is 5.26 Å². The molecule has 7 heteroatoms. The number of rotatable bonds is 3. The molecule has 7 nitrogen and oxygen atoms in total. The molecule has 0 aliphatic carbocycles. The molecule has 28 heavy (non-hydrogen) atoms. The van der Waals surface area contributed by atoms with Crippen LogP contribution in [0, 0.1) is 11.3 Å². The van der Waals surface area contributed by atoms with Crippen LogP contribution in [0.15, 0.2) is 65.2 Å². The predicted octanol–water partition coefficient (Wildman–Crippen LogP) is 2.70. The van der Waals surface area contributed by atoms with E-state index in [1.807, 2.05) is 30.3 Å². The van der Waals surface area contributed by atoms with Crippen LogP contribution in [0.25, 0.3) is 11.3 Å². The van der Waals surface area contributed by atoms with Gasteiger partial charge in [-0.15, -0.1) is 0 Å². The zero-order valence-electron chi connectivity index (χ0n) is 14.9. The van der Waals surface area contributed by atoms with E-state index in [1.165, 1.54) is 4.90 Å². The number of carbonyl (C=O) groups excluding carboxylic acids is 2. The number of carbonyl (C=O) groups is 2. The van der Waals surface area contributed by atoms with E-state index in [0.29, 0.717) is 30.1 Å². The molecule has 4 rings (SSSR count). The van der Waals surface area contributed by atoms with Crippen LogP contribution in [0.4, 0.5) is 5.69 Å². The molecule has 0 unspecified atom stereocenters. The number of aromatic nitrogens is 1. The normalized spacial score (nSPS) is 14.0. The molecule has 0 saturated carbocycles. The summed E-state index contributed by atoms with van der Waals surface area (Å²) in [6.45, 7) is 0.727. The molecule has 0 N–H and O–H groups in total. The molecule has 2 heterocycles. The summed E-state index contributed by atoms with van der Waals surface area (Å²) in [5, 5.41) is 12.7. The van der Waals surface area contributed by atoms with Gasteiger partial charge in [0.05, 0.1) is 11.6 Å². The Hall–Kier alpha value is -3.92. The Morgan fingerprint density at radius 3 is 2.50 bits per heavy atom. The molecule has 1 aliphatic heterocycles. The van der Waals surface area contributed by atoms with E-state index in [-0.39, 0.29) is 24.1 Å². The van der Waals surface area contributed by atoms with Crippen molar-refractivity contribution in [3.05, 3.63) is 71.9 Å². The van der Waals surface area contributed by atoms with Crippen LogP contribution in [0.1, 0.15) is 16.1 Å². The number of benzene rings is 2. The fraction of sp³-hybridized carbons (Fsp3) is 0.143. The second-order valence-corrected chi connectivity index (χ2v) is 6.37. The van der Waals surface area contributed by atoms with E-state index in [9.17, 15) is 9.59 Å². The molecule has 1 aliphatic rings. The highest BCUT2D eigenvalue weighted by molar-refractivity contribution is 6.01. The minimum atomic E-state index is -0.334. The second-order valence-electron chi connectivity index (χ2n) is 6.37. The minimum absolute atomic E-state index is 0.0354. The molecule has 1 aromatic heterocycles. The summed E-state index contributed by atoms with van der Waals surface area (Å²) in [7, 11) is 0. The van der Waals surface area contributed by atoms with Crippen LogP contribution in [0.2, 0.25) is 0 Å². The Kier molecular flexibility index (Phi) is 4.60. The number of anilines is 1. The van der Waals surface area contributed by atoms with Crippen molar-refractivity contribution in [2.24, 2.45) is 0 Å². The van der Waals surface area contributed by atoms with E-state index in [0.717, 1.165) is 5.56 Å². The number of piperazine rings is 1. The molecule has 138 valence electrons. The summed E-state index contributed by atoms with van der Waals surface area (Å²) in [5.41, 5.74) is 2.25. The van der Waals surface area contributed by atoms with Gasteiger partial charge in [-0.05, 0) is 24.3 Å². The Labute approximate surface area is 161 Å². The van der Waals surface area contributed by atoms with Crippen LogP contribution >= 0.6 is 0 Å². The van der Waals surface area contributed by atoms with Crippen molar-refractivity contribution in [3.8, 4) is 17.4 Å². The number of hydrogen-bond donors (Lipinski definition) is 0. The van der Waals surface area contributed by atoms with Crippen LogP contribution in [0.5, 0.6) is 0 Å². The molecule has 0 atom stereocenters. The maximum Gasteiger partial charge on any atom is 0.276 e. The average Bonchev–Trinajstić information content (AvgIpc) is 3.24. The smallest absolute Gasteiger partial charge is 0.276 e. The predicted molar refractivity (Wildman–Crippen MR) is 101 cm³/mol. The Morgan fingerprint density at radius 1 is 1.07 bits per heavy atom. The number of nitriles is 1. The zero-order valence-corrected chi connectivity index (χ0v) is 14.9. The number of hydrogen-bond acceptors (Lipinski definition) is 5. The summed E-state index contributed by atoms with van der Waals surface area (Å²) in [6.07, 6.45) is 0. The highest BCUT2D eigenvalue weighted by atomic mass is 16.5. The van der Waals surface area contributed by atoms with E-state index in [4.69, 9.17) is 9.78 Å². The van der Waals surface area contributed by atoms with Crippen LogP contribution < -0.4 is 4.90 Å². The summed E-state index contributed by atoms with van der Waals surface area (Å²) in [6, 6.07) is 19.8. The molecule has 0 radical (unpaired) electrons. The second kappa shape index (κ2) is 7.37. The van der Waals surface area contributed by atoms with Crippen molar-refractivity contribution >= 4 is 17.5 Å². The van der Waals surface area contributed by atoms with E-state index in [2.05, 4.69) is 11.2 Å². The highest BCUT2D eigenvalue weighted by Crippen LogP contribution is 2.22. The largest absolute Gasteiger partial charge is 0.355 e. The number of amides is 2. The van der Waals surface area contributed by atoms with Gasteiger partial charge in [0.25, 0.3) is 5.91 Å². The van der Waals surface area contributed by atoms with Gasteiger partial charge >= 0.3 is 0 Å². The first-order chi connectivity index (χ1) is 13.7. The standard InChI is InChI=1S/C21H16N4O3/c22-13-15-6-8-17(9-7-15)25-11-10-24(14-20(25)26)21(27)18-12-19(28-23-18)16-4-2-1-3-5-16/h1-9,12H,10-11,14H2. The zero-order chi connectivity index (χ0) is 19.5. The van der Waals surface area contributed by atoms with E-state index >= 15 is 0 Å². The van der Waals surface area contributed by atoms with E-state index < -0.39 is 0 Å². The first kappa shape index (κ1) is 17.5. The molecular formula is C21H16N4O3. The van der Waals surface area contributed by atoms with Crippen molar-refractivity contribution in [1.82, 2.24) is 10.1 Å². The third-order valence-electron chi connectivity index (χ3n) is 4.60. The lowest BCUT2D eigenvalue weighted by Crippen LogP contribution is -2.52. The summed E-state index contributed by atoms with van der Waals surface area (Å²) < 4.78 is 5.28. The van der Waals surface area contributed by atoms with Gasteiger partial charge in [0, 0.05) is 30.4 Å². The highest BCUT2D eigenvalue weighted by Gasteiger charge is 2.30. The van der Waals surface area contributed by atoms with Gasteiger partial charge in [-0.2, -0.15) is 5.26 Å². The van der Waals surface area contributed by atoms with Crippen LogP contribution in [-0.2, 0) is 4.79 Å². The maximum atomic E-state index is 12.7. The third kappa shape index (κ3) is 3.35. The molecule has 1 saturated heterocycles. The minimum Gasteiger partial charge on any atom is -0.355 e. The van der Waals surface area contributed by atoms with Crippen LogP contribution in [0.3, 0.4) is 0 Å². The Morgan fingerprint density at radius 2 is 1.82 bits per heavy atom. The van der Waals surface area contributed by atoms with Gasteiger partial charge in [0.1, 0.15) is 6.54 Å². The molecule has 1 fully saturated rings. The Balaban J connectivity index is 1.45. The van der Waals surface area contributed by atoms with Crippen molar-refractivity contribution in [3.63, 3.8) is 0 Å². The number of nitrogens with zero attached hydrogens (tertiary/aromatic N) is 4. The van der Waals surface area contributed by atoms with Gasteiger partial charge in [-0.1, -0.05) is 35.5 Å². The SMILES string of the molecule is N#Cc1ccc(N2CCN(C(=O)c3cc(-c4ccccc4)on3)CC2=O)cc1. The van der Waals surface area contributed by atoms with Gasteiger partial charge in [0.15, 0.2) is 11.5 Å². The molecule has 2 aromatic carbocycles. The summed E-state index contributed by atoms with van der Waals surface area (Å²) in [4.78, 5) is 28.3. The topological polar surface area (TPSA) is 90.4 Å². The lowest BCUT2D eigenvalue weighted by molar-refractivity contribution is -0.120. The fourth-order valence-corrected chi connectivity index (χ4v) is 3.11. The summed E-state index contributed by atoms with van der Waals surface area (Å²) >= 11 is 0. The van der Waals surface area contributed by atoms with Gasteiger partial charge in [-0.25, -0.2) is 0 Å². The first-order valence-electron chi connectivity index (χ1n) is 8.77. The lowest BCUT2D eigenvalue weighted by Gasteiger charge is -2.33. The molecule has 3 aromatic rings. The monoisotopic (exact) mass is 372 g/mol. The Bertz CT molecular complexity index is 1050. The quantitative estimate of drug-likeness (QED) is 0.705. The fourth-order valence-electron chi connectivity index (χ4n) is 3.11. The molecule has 0 bridgehead atoms. The van der Waals surface area contributed by atoms with Gasteiger partial charge in [-0.3, -0.25) is 9.59 Å². The van der Waals surface area contributed by atoms with Crippen LogP contribution in [-0.4, -0.2) is 41.5 Å². The van der Waals surface area contributed by atoms with Gasteiger partial charge < -0.3 is 14.3 Å². The molecule has 2 amide bonds. The average molecular weight is 372 g/mol. The van der Waals surface area contributed by atoms with E-state index in [1.54, 1.807) is 35.2 Å². The van der Waals surface area contributed by atoms with Gasteiger partial charge in [0.2, 0.25) is 5.91 Å². The maximum absolute atomic E-state index is 12.7. The summed E-state index contributed by atoms with van der Waals surface area (Å²) in [5.74, 6) is -0.0126. The molecular weight excluding hydrogens is 356 g/mol. The molecule has 0 spiro atoms. The third-order valence-corrected chi connectivity index (χ3v) is 4.60.